The summed E-state index contributed by atoms with van der Waals surface area (Å²) in [5.41, 5.74) is 0. The first-order chi connectivity index (χ1) is 18.4. The summed E-state index contributed by atoms with van der Waals surface area (Å²) in [6, 6.07) is 0.895. The highest BCUT2D eigenvalue weighted by molar-refractivity contribution is 6.61. The second-order valence-electron chi connectivity index (χ2n) is 8.24. The number of urea groups is 2. The van der Waals surface area contributed by atoms with Crippen LogP contribution in [0.5, 0.6) is 0 Å². The molecule has 0 aromatic rings. The van der Waals surface area contributed by atoms with Crippen molar-refractivity contribution in [1.82, 2.24) is 21.3 Å². The van der Waals surface area contributed by atoms with Crippen LogP contribution in [0.1, 0.15) is 67.2 Å². The Labute approximate surface area is 232 Å². The minimum atomic E-state index is -2.67. The van der Waals surface area contributed by atoms with Gasteiger partial charge in [-0.25, -0.2) is 9.59 Å². The van der Waals surface area contributed by atoms with Crippen molar-refractivity contribution in [3.05, 3.63) is 0 Å². The fraction of sp³-hybridized carbons (Fsp3) is 0.917. The van der Waals surface area contributed by atoms with E-state index in [2.05, 4.69) is 21.3 Å². The number of rotatable bonds is 25. The Hall–Kier alpha value is -1.27. The van der Waals surface area contributed by atoms with Crippen molar-refractivity contribution in [2.24, 2.45) is 0 Å². The monoisotopic (exact) mass is 582 g/mol. The average molecular weight is 583 g/mol. The Morgan fingerprint density at radius 2 is 0.684 bits per heavy atom. The molecule has 226 valence electrons. The molecule has 0 aromatic heterocycles. The third kappa shape index (κ3) is 17.3. The standard InChI is InChI=1S/C24H54N4O8Si2/c1-7-31-37(32-8-2,33-9-3)21-15-19-27-23(29)25-17-13-14-18-26-24(30)28-20-16-22-38(34-10-4,35-11-5)36-12-6/h7-22H2,1-6H3,(H2,25,27,29)(H2,26,28,30). The van der Waals surface area contributed by atoms with Crippen LogP contribution in [0.2, 0.25) is 12.1 Å². The summed E-state index contributed by atoms with van der Waals surface area (Å²) in [6.45, 7) is 16.9. The number of nitrogens with one attached hydrogen (secondary N) is 4. The van der Waals surface area contributed by atoms with Gasteiger partial charge in [0.1, 0.15) is 0 Å². The topological polar surface area (TPSA) is 138 Å². The Morgan fingerprint density at radius 1 is 0.447 bits per heavy atom. The zero-order chi connectivity index (χ0) is 28.5. The molecule has 4 amide bonds. The van der Waals surface area contributed by atoms with E-state index in [1.807, 2.05) is 41.5 Å². The number of carbonyl (C=O) groups is 2. The summed E-state index contributed by atoms with van der Waals surface area (Å²) in [6.07, 6.45) is 2.94. The first kappa shape index (κ1) is 36.7. The number of hydrogen-bond acceptors (Lipinski definition) is 8. The van der Waals surface area contributed by atoms with Crippen LogP contribution in [0.3, 0.4) is 0 Å². The normalized spacial score (nSPS) is 11.8. The third-order valence-electron chi connectivity index (χ3n) is 5.25. The third-order valence-corrected chi connectivity index (χ3v) is 11.6. The van der Waals surface area contributed by atoms with Crippen LogP contribution < -0.4 is 21.3 Å². The quantitative estimate of drug-likeness (QED) is 0.0951. The molecule has 4 N–H and O–H groups in total. The highest BCUT2D eigenvalue weighted by Crippen LogP contribution is 2.18. The minimum Gasteiger partial charge on any atom is -0.374 e. The number of unbranched alkanes of at least 4 members (excludes halogenated alkanes) is 1. The molecule has 0 saturated heterocycles. The molecular formula is C24H54N4O8Si2. The van der Waals surface area contributed by atoms with Crippen LogP contribution in [-0.2, 0) is 26.6 Å². The predicted octanol–water partition coefficient (Wildman–Crippen LogP) is 3.24. The van der Waals surface area contributed by atoms with Crippen molar-refractivity contribution in [2.45, 2.75) is 79.3 Å². The summed E-state index contributed by atoms with van der Waals surface area (Å²) in [5.74, 6) is 0. The first-order valence-corrected chi connectivity index (χ1v) is 18.1. The summed E-state index contributed by atoms with van der Waals surface area (Å²) in [4.78, 5) is 24.0. The van der Waals surface area contributed by atoms with Gasteiger partial charge in [-0.1, -0.05) is 0 Å². The van der Waals surface area contributed by atoms with Gasteiger partial charge >= 0.3 is 29.7 Å². The molecule has 0 heterocycles. The van der Waals surface area contributed by atoms with Crippen molar-refractivity contribution in [3.8, 4) is 0 Å². The van der Waals surface area contributed by atoms with Gasteiger partial charge in [-0.15, -0.1) is 0 Å². The highest BCUT2D eigenvalue weighted by Gasteiger charge is 2.40. The lowest BCUT2D eigenvalue weighted by Gasteiger charge is -2.28. The van der Waals surface area contributed by atoms with Crippen LogP contribution in [0.4, 0.5) is 9.59 Å². The van der Waals surface area contributed by atoms with Gasteiger partial charge in [0, 0.05) is 77.9 Å². The average Bonchev–Trinajstić information content (AvgIpc) is 2.87. The molecule has 0 bridgehead atoms. The second kappa shape index (κ2) is 23.6. The van der Waals surface area contributed by atoms with Crippen molar-refractivity contribution in [2.75, 3.05) is 65.8 Å². The molecule has 38 heavy (non-hydrogen) atoms. The van der Waals surface area contributed by atoms with E-state index in [-0.39, 0.29) is 12.1 Å². The first-order valence-electron chi connectivity index (χ1n) is 14.2. The van der Waals surface area contributed by atoms with Crippen LogP contribution in [0.15, 0.2) is 0 Å². The van der Waals surface area contributed by atoms with Gasteiger partial charge in [0.15, 0.2) is 0 Å². The lowest BCUT2D eigenvalue weighted by atomic mass is 10.3. The lowest BCUT2D eigenvalue weighted by Crippen LogP contribution is -2.46. The number of amides is 4. The Bertz CT molecular complexity index is 524. The lowest BCUT2D eigenvalue weighted by molar-refractivity contribution is 0.0700. The van der Waals surface area contributed by atoms with E-state index in [0.29, 0.717) is 90.8 Å². The number of hydrogen-bond donors (Lipinski definition) is 4. The molecule has 0 atom stereocenters. The number of carbonyl (C=O) groups excluding carboxylic acids is 2. The largest absolute Gasteiger partial charge is 0.500 e. The summed E-state index contributed by atoms with van der Waals surface area (Å²) in [7, 11) is -5.35. The van der Waals surface area contributed by atoms with E-state index in [0.717, 1.165) is 12.8 Å². The smallest absolute Gasteiger partial charge is 0.374 e. The van der Waals surface area contributed by atoms with Gasteiger partial charge in [-0.05, 0) is 67.2 Å². The van der Waals surface area contributed by atoms with Gasteiger partial charge < -0.3 is 47.8 Å². The molecule has 0 rings (SSSR count). The summed E-state index contributed by atoms with van der Waals surface area (Å²) >= 11 is 0. The van der Waals surface area contributed by atoms with Crippen molar-refractivity contribution in [3.63, 3.8) is 0 Å². The highest BCUT2D eigenvalue weighted by atomic mass is 28.4. The molecule has 14 heteroatoms. The fourth-order valence-electron chi connectivity index (χ4n) is 3.79. The Balaban J connectivity index is 3.96. The van der Waals surface area contributed by atoms with Crippen LogP contribution in [0, 0.1) is 0 Å². The molecule has 0 radical (unpaired) electrons. The van der Waals surface area contributed by atoms with Gasteiger partial charge in [0.2, 0.25) is 0 Å². The maximum Gasteiger partial charge on any atom is 0.500 e. The van der Waals surface area contributed by atoms with Gasteiger partial charge in [-0.3, -0.25) is 0 Å². The summed E-state index contributed by atoms with van der Waals surface area (Å²) in [5, 5.41) is 11.4. The fourth-order valence-corrected chi connectivity index (χ4v) is 9.02. The van der Waals surface area contributed by atoms with Crippen molar-refractivity contribution in [1.29, 1.82) is 0 Å². The van der Waals surface area contributed by atoms with E-state index in [1.54, 1.807) is 0 Å². The molecule has 0 aliphatic carbocycles. The molecular weight excluding hydrogens is 528 g/mol. The zero-order valence-electron chi connectivity index (χ0n) is 24.6. The van der Waals surface area contributed by atoms with Crippen LogP contribution in [-0.4, -0.2) is 95.5 Å². The van der Waals surface area contributed by atoms with E-state index in [4.69, 9.17) is 26.6 Å². The molecule has 0 unspecified atom stereocenters. The second-order valence-corrected chi connectivity index (χ2v) is 13.7. The molecule has 12 nitrogen and oxygen atoms in total. The summed E-state index contributed by atoms with van der Waals surface area (Å²) < 4.78 is 34.9. The predicted molar refractivity (Wildman–Crippen MR) is 152 cm³/mol. The van der Waals surface area contributed by atoms with Crippen LogP contribution >= 0.6 is 0 Å². The maximum atomic E-state index is 12.0. The van der Waals surface area contributed by atoms with Gasteiger partial charge in [0.05, 0.1) is 0 Å². The molecule has 0 aromatic carbocycles. The van der Waals surface area contributed by atoms with E-state index < -0.39 is 17.6 Å². The SMILES string of the molecule is CCO[Si](CCCNC(=O)NCCCCNC(=O)NCCC[Si](OCC)(OCC)OCC)(OCC)OCC. The van der Waals surface area contributed by atoms with E-state index in [9.17, 15) is 9.59 Å². The molecule has 0 aliphatic rings. The molecule has 0 aliphatic heterocycles. The Morgan fingerprint density at radius 3 is 0.921 bits per heavy atom. The van der Waals surface area contributed by atoms with E-state index >= 15 is 0 Å². The molecule has 0 saturated carbocycles. The van der Waals surface area contributed by atoms with E-state index in [1.165, 1.54) is 0 Å². The maximum absolute atomic E-state index is 12.0. The van der Waals surface area contributed by atoms with Crippen molar-refractivity contribution < 1.29 is 36.1 Å². The zero-order valence-corrected chi connectivity index (χ0v) is 26.6. The Kier molecular flexibility index (Phi) is 22.8. The van der Waals surface area contributed by atoms with Crippen LogP contribution in [0.25, 0.3) is 0 Å². The van der Waals surface area contributed by atoms with Gasteiger partial charge in [-0.2, -0.15) is 0 Å². The minimum absolute atomic E-state index is 0.210. The molecule has 0 spiro atoms. The molecule has 0 fully saturated rings. The van der Waals surface area contributed by atoms with Gasteiger partial charge in [0.25, 0.3) is 0 Å². The van der Waals surface area contributed by atoms with Crippen molar-refractivity contribution >= 4 is 29.7 Å².